The Kier molecular flexibility index (Phi) is 6.41. The van der Waals surface area contributed by atoms with Gasteiger partial charge in [-0.1, -0.05) is 12.1 Å². The number of nitro groups is 1. The Morgan fingerprint density at radius 3 is 2.28 bits per heavy atom. The van der Waals surface area contributed by atoms with Gasteiger partial charge in [0.2, 0.25) is 5.91 Å². The summed E-state index contributed by atoms with van der Waals surface area (Å²) in [6.45, 7) is 2.29. The van der Waals surface area contributed by atoms with Crippen molar-refractivity contribution in [2.24, 2.45) is 0 Å². The first kappa shape index (κ1) is 18.8. The van der Waals surface area contributed by atoms with Crippen LogP contribution in [0, 0.1) is 10.1 Å². The zero-order chi connectivity index (χ0) is 18.4. The normalized spacial score (nSPS) is 11.6. The lowest BCUT2D eigenvalue weighted by Gasteiger charge is -2.14. The van der Waals surface area contributed by atoms with Crippen molar-refractivity contribution in [2.75, 3.05) is 19.0 Å². The van der Waals surface area contributed by atoms with E-state index in [9.17, 15) is 14.9 Å². The van der Waals surface area contributed by atoms with Gasteiger partial charge in [0, 0.05) is 43.4 Å². The number of anilines is 1. The van der Waals surface area contributed by atoms with Gasteiger partial charge in [-0.05, 0) is 36.8 Å². The topological polar surface area (TPSA) is 75.5 Å². The summed E-state index contributed by atoms with van der Waals surface area (Å²) in [5.41, 5.74) is 2.19. The standard InChI is InChI=1S/C18H21N3O3S/c1-13(25-17-10-8-16(9-11-17)21(23)24)18(22)19-12-14-4-6-15(7-5-14)20(2)3/h4-11,13H,12H2,1-3H3,(H,19,22)/t13-/m1/s1. The molecule has 132 valence electrons. The van der Waals surface area contributed by atoms with E-state index < -0.39 is 4.92 Å². The van der Waals surface area contributed by atoms with Crippen molar-refractivity contribution in [2.45, 2.75) is 23.6 Å². The predicted octanol–water partition coefficient (Wildman–Crippen LogP) is 3.46. The average Bonchev–Trinajstić information content (AvgIpc) is 2.60. The minimum Gasteiger partial charge on any atom is -0.378 e. The number of hydrogen-bond acceptors (Lipinski definition) is 5. The summed E-state index contributed by atoms with van der Waals surface area (Å²) in [6, 6.07) is 14.2. The zero-order valence-corrected chi connectivity index (χ0v) is 15.2. The number of benzene rings is 2. The number of hydrogen-bond donors (Lipinski definition) is 1. The minimum atomic E-state index is -0.438. The third-order valence-corrected chi connectivity index (χ3v) is 4.76. The van der Waals surface area contributed by atoms with Crippen molar-refractivity contribution in [3.05, 3.63) is 64.2 Å². The van der Waals surface area contributed by atoms with Crippen LogP contribution in [0.15, 0.2) is 53.4 Å². The minimum absolute atomic E-state index is 0.0441. The van der Waals surface area contributed by atoms with E-state index in [2.05, 4.69) is 5.32 Å². The molecule has 0 radical (unpaired) electrons. The Morgan fingerprint density at radius 2 is 1.76 bits per heavy atom. The molecule has 0 aliphatic carbocycles. The molecule has 0 aromatic heterocycles. The number of carbonyl (C=O) groups is 1. The molecule has 0 aliphatic heterocycles. The van der Waals surface area contributed by atoms with Crippen molar-refractivity contribution in [3.8, 4) is 0 Å². The van der Waals surface area contributed by atoms with Gasteiger partial charge in [0.25, 0.3) is 5.69 Å². The molecule has 2 aromatic rings. The summed E-state index contributed by atoms with van der Waals surface area (Å²) in [6.07, 6.45) is 0. The molecular weight excluding hydrogens is 338 g/mol. The Labute approximate surface area is 151 Å². The van der Waals surface area contributed by atoms with Crippen molar-refractivity contribution in [1.82, 2.24) is 5.32 Å². The molecule has 2 rings (SSSR count). The van der Waals surface area contributed by atoms with Gasteiger partial charge in [-0.3, -0.25) is 14.9 Å². The van der Waals surface area contributed by atoms with Gasteiger partial charge < -0.3 is 10.2 Å². The fourth-order valence-electron chi connectivity index (χ4n) is 2.15. The van der Waals surface area contributed by atoms with E-state index in [-0.39, 0.29) is 16.8 Å². The number of nitrogens with zero attached hydrogens (tertiary/aromatic N) is 2. The van der Waals surface area contributed by atoms with Crippen molar-refractivity contribution < 1.29 is 9.72 Å². The smallest absolute Gasteiger partial charge is 0.269 e. The van der Waals surface area contributed by atoms with Crippen LogP contribution in [0.1, 0.15) is 12.5 Å². The maximum absolute atomic E-state index is 12.2. The average molecular weight is 359 g/mol. The molecule has 0 saturated heterocycles. The molecule has 0 spiro atoms. The summed E-state index contributed by atoms with van der Waals surface area (Å²) in [7, 11) is 3.96. The number of amides is 1. The summed E-state index contributed by atoms with van der Waals surface area (Å²) in [4.78, 5) is 25.3. The van der Waals surface area contributed by atoms with Gasteiger partial charge in [0.15, 0.2) is 0 Å². The molecule has 6 nitrogen and oxygen atoms in total. The van der Waals surface area contributed by atoms with E-state index >= 15 is 0 Å². The Bertz CT molecular complexity index is 730. The van der Waals surface area contributed by atoms with Crippen LogP contribution < -0.4 is 10.2 Å². The molecule has 7 heteroatoms. The van der Waals surface area contributed by atoms with Gasteiger partial charge in [0.05, 0.1) is 10.2 Å². The third kappa shape index (κ3) is 5.49. The van der Waals surface area contributed by atoms with Crippen LogP contribution >= 0.6 is 11.8 Å². The van der Waals surface area contributed by atoms with Crippen molar-refractivity contribution >= 4 is 29.0 Å². The van der Waals surface area contributed by atoms with Gasteiger partial charge in [-0.2, -0.15) is 0 Å². The van der Waals surface area contributed by atoms with Crippen molar-refractivity contribution in [3.63, 3.8) is 0 Å². The van der Waals surface area contributed by atoms with E-state index in [0.717, 1.165) is 16.1 Å². The lowest BCUT2D eigenvalue weighted by Crippen LogP contribution is -2.30. The second-order valence-corrected chi connectivity index (χ2v) is 7.20. The number of non-ortho nitro benzene ring substituents is 1. The van der Waals surface area contributed by atoms with Crippen LogP contribution in [-0.2, 0) is 11.3 Å². The molecule has 0 saturated carbocycles. The second kappa shape index (κ2) is 8.53. The van der Waals surface area contributed by atoms with Crippen LogP contribution in [-0.4, -0.2) is 30.2 Å². The van der Waals surface area contributed by atoms with Gasteiger partial charge in [-0.25, -0.2) is 0 Å². The fourth-order valence-corrected chi connectivity index (χ4v) is 3.04. The number of rotatable bonds is 7. The monoisotopic (exact) mass is 359 g/mol. The fraction of sp³-hybridized carbons (Fsp3) is 0.278. The summed E-state index contributed by atoms with van der Waals surface area (Å²) in [5, 5.41) is 13.3. The Hall–Kier alpha value is -2.54. The van der Waals surface area contributed by atoms with Crippen LogP contribution in [0.5, 0.6) is 0 Å². The van der Waals surface area contributed by atoms with Gasteiger partial charge >= 0.3 is 0 Å². The molecule has 0 heterocycles. The predicted molar refractivity (Wildman–Crippen MR) is 101 cm³/mol. The van der Waals surface area contributed by atoms with Gasteiger partial charge in [0.1, 0.15) is 0 Å². The highest BCUT2D eigenvalue weighted by molar-refractivity contribution is 8.00. The molecular formula is C18H21N3O3S. The van der Waals surface area contributed by atoms with Crippen molar-refractivity contribution in [1.29, 1.82) is 0 Å². The Balaban J connectivity index is 1.86. The number of thioether (sulfide) groups is 1. The molecule has 1 N–H and O–H groups in total. The van der Waals surface area contributed by atoms with E-state index in [1.54, 1.807) is 12.1 Å². The lowest BCUT2D eigenvalue weighted by molar-refractivity contribution is -0.384. The molecule has 1 amide bonds. The number of nitrogens with one attached hydrogen (secondary N) is 1. The highest BCUT2D eigenvalue weighted by atomic mass is 32.2. The molecule has 0 unspecified atom stereocenters. The van der Waals surface area contributed by atoms with Crippen LogP contribution in [0.4, 0.5) is 11.4 Å². The Morgan fingerprint density at radius 1 is 1.16 bits per heavy atom. The second-order valence-electron chi connectivity index (χ2n) is 5.79. The van der Waals surface area contributed by atoms with E-state index in [1.165, 1.54) is 23.9 Å². The van der Waals surface area contributed by atoms with E-state index in [0.29, 0.717) is 6.54 Å². The maximum Gasteiger partial charge on any atom is 0.269 e. The first-order chi connectivity index (χ1) is 11.9. The first-order valence-corrected chi connectivity index (χ1v) is 8.70. The molecule has 1 atom stereocenters. The SMILES string of the molecule is C[C@@H](Sc1ccc([N+](=O)[O-])cc1)C(=O)NCc1ccc(N(C)C)cc1. The highest BCUT2D eigenvalue weighted by Crippen LogP contribution is 2.25. The molecule has 0 aliphatic rings. The zero-order valence-electron chi connectivity index (χ0n) is 14.4. The van der Waals surface area contributed by atoms with E-state index in [4.69, 9.17) is 0 Å². The van der Waals surface area contributed by atoms with Crippen LogP contribution in [0.2, 0.25) is 0 Å². The maximum atomic E-state index is 12.2. The van der Waals surface area contributed by atoms with Gasteiger partial charge in [-0.15, -0.1) is 11.8 Å². The summed E-state index contributed by atoms with van der Waals surface area (Å²) < 4.78 is 0. The van der Waals surface area contributed by atoms with Crippen LogP contribution in [0.3, 0.4) is 0 Å². The third-order valence-electron chi connectivity index (χ3n) is 3.65. The quantitative estimate of drug-likeness (QED) is 0.465. The largest absolute Gasteiger partial charge is 0.378 e. The summed E-state index contributed by atoms with van der Waals surface area (Å²) >= 11 is 1.37. The van der Waals surface area contributed by atoms with E-state index in [1.807, 2.05) is 50.2 Å². The molecule has 2 aromatic carbocycles. The molecule has 0 fully saturated rings. The number of carbonyl (C=O) groups excluding carboxylic acids is 1. The lowest BCUT2D eigenvalue weighted by atomic mass is 10.2. The molecule has 25 heavy (non-hydrogen) atoms. The highest BCUT2D eigenvalue weighted by Gasteiger charge is 2.15. The number of nitro benzene ring substituents is 1. The first-order valence-electron chi connectivity index (χ1n) is 7.82. The molecule has 0 bridgehead atoms. The van der Waals surface area contributed by atoms with Crippen LogP contribution in [0.25, 0.3) is 0 Å². The summed E-state index contributed by atoms with van der Waals surface area (Å²) in [5.74, 6) is -0.0694.